The summed E-state index contributed by atoms with van der Waals surface area (Å²) in [6, 6.07) is 3.84. The van der Waals surface area contributed by atoms with Crippen LogP contribution in [0.5, 0.6) is 0 Å². The van der Waals surface area contributed by atoms with E-state index in [4.69, 9.17) is 0 Å². The summed E-state index contributed by atoms with van der Waals surface area (Å²) in [6.07, 6.45) is 0.448. The minimum Gasteiger partial charge on any atom is -0.391 e. The summed E-state index contributed by atoms with van der Waals surface area (Å²) >= 11 is 3.38. The van der Waals surface area contributed by atoms with Gasteiger partial charge in [-0.3, -0.25) is 0 Å². The molecule has 2 N–H and O–H groups in total. The van der Waals surface area contributed by atoms with E-state index in [9.17, 15) is 5.11 Å². The monoisotopic (exact) mass is 258 g/mol. The van der Waals surface area contributed by atoms with Crippen molar-refractivity contribution in [2.24, 2.45) is 0 Å². The van der Waals surface area contributed by atoms with Crippen LogP contribution in [0, 0.1) is 6.92 Å². The number of nitrogens with one attached hydrogen (secondary N) is 1. The van der Waals surface area contributed by atoms with Gasteiger partial charge in [0, 0.05) is 11.0 Å². The van der Waals surface area contributed by atoms with Crippen LogP contribution in [-0.4, -0.2) is 22.7 Å². The molecule has 0 radical (unpaired) electrons. The molecule has 3 nitrogen and oxygen atoms in total. The largest absolute Gasteiger partial charge is 0.391 e. The third kappa shape index (κ3) is 3.27. The molecule has 0 aliphatic rings. The second kappa shape index (κ2) is 5.32. The van der Waals surface area contributed by atoms with Crippen molar-refractivity contribution in [2.45, 2.75) is 26.4 Å². The lowest BCUT2D eigenvalue weighted by molar-refractivity contribution is 0.183. The molecule has 78 valence electrons. The first-order chi connectivity index (χ1) is 6.63. The quantitative estimate of drug-likeness (QED) is 0.872. The molecule has 1 heterocycles. The van der Waals surface area contributed by atoms with Crippen LogP contribution in [0.25, 0.3) is 0 Å². The van der Waals surface area contributed by atoms with Crippen LogP contribution < -0.4 is 5.32 Å². The normalized spacial score (nSPS) is 12.6. The molecule has 0 bridgehead atoms. The van der Waals surface area contributed by atoms with Gasteiger partial charge >= 0.3 is 0 Å². The van der Waals surface area contributed by atoms with Crippen LogP contribution in [0.2, 0.25) is 0 Å². The van der Waals surface area contributed by atoms with Crippen LogP contribution in [-0.2, 0) is 0 Å². The number of aryl methyl sites for hydroxylation is 1. The SMILES string of the molecule is CCC(O)CNc1ccc(Br)c(C)n1. The highest BCUT2D eigenvalue weighted by atomic mass is 79.9. The molecular formula is C10H15BrN2O. The Morgan fingerprint density at radius 2 is 2.29 bits per heavy atom. The van der Waals surface area contributed by atoms with Crippen molar-refractivity contribution in [3.05, 3.63) is 22.3 Å². The molecule has 0 spiro atoms. The minimum atomic E-state index is -0.305. The van der Waals surface area contributed by atoms with E-state index in [1.165, 1.54) is 0 Å². The molecule has 0 aliphatic heterocycles. The number of rotatable bonds is 4. The summed E-state index contributed by atoms with van der Waals surface area (Å²) in [5, 5.41) is 12.4. The predicted octanol–water partition coefficient (Wildman–Crippen LogP) is 2.34. The summed E-state index contributed by atoms with van der Waals surface area (Å²) in [7, 11) is 0. The average Bonchev–Trinajstić information content (AvgIpc) is 2.19. The highest BCUT2D eigenvalue weighted by molar-refractivity contribution is 9.10. The zero-order valence-electron chi connectivity index (χ0n) is 8.42. The van der Waals surface area contributed by atoms with E-state index in [-0.39, 0.29) is 6.10 Å². The Balaban J connectivity index is 2.55. The van der Waals surface area contributed by atoms with E-state index in [1.807, 2.05) is 26.0 Å². The predicted molar refractivity (Wildman–Crippen MR) is 61.5 cm³/mol. The summed E-state index contributed by atoms with van der Waals surface area (Å²) in [5.74, 6) is 0.804. The molecule has 4 heteroatoms. The smallest absolute Gasteiger partial charge is 0.126 e. The van der Waals surface area contributed by atoms with E-state index in [0.29, 0.717) is 6.54 Å². The van der Waals surface area contributed by atoms with E-state index in [2.05, 4.69) is 26.2 Å². The molecule has 1 atom stereocenters. The fraction of sp³-hybridized carbons (Fsp3) is 0.500. The van der Waals surface area contributed by atoms with E-state index in [0.717, 1.165) is 22.4 Å². The van der Waals surface area contributed by atoms with Crippen LogP contribution in [0.4, 0.5) is 5.82 Å². The Bertz CT molecular complexity index is 304. The maximum Gasteiger partial charge on any atom is 0.126 e. The van der Waals surface area contributed by atoms with Crippen LogP contribution in [0.3, 0.4) is 0 Å². The van der Waals surface area contributed by atoms with E-state index < -0.39 is 0 Å². The van der Waals surface area contributed by atoms with Gasteiger partial charge in [0.1, 0.15) is 5.82 Å². The van der Waals surface area contributed by atoms with Crippen LogP contribution in [0.15, 0.2) is 16.6 Å². The van der Waals surface area contributed by atoms with Crippen LogP contribution >= 0.6 is 15.9 Å². The van der Waals surface area contributed by atoms with Gasteiger partial charge < -0.3 is 10.4 Å². The number of aliphatic hydroxyl groups is 1. The molecule has 1 rings (SSSR count). The summed E-state index contributed by atoms with van der Waals surface area (Å²) in [6.45, 7) is 4.43. The van der Waals surface area contributed by atoms with Crippen molar-refractivity contribution < 1.29 is 5.11 Å². The second-order valence-electron chi connectivity index (χ2n) is 3.21. The van der Waals surface area contributed by atoms with Crippen molar-refractivity contribution in [3.8, 4) is 0 Å². The molecular weight excluding hydrogens is 244 g/mol. The zero-order chi connectivity index (χ0) is 10.6. The zero-order valence-corrected chi connectivity index (χ0v) is 10.0. The van der Waals surface area contributed by atoms with Gasteiger partial charge in [0.05, 0.1) is 11.8 Å². The Kier molecular flexibility index (Phi) is 4.35. The number of anilines is 1. The fourth-order valence-electron chi connectivity index (χ4n) is 1.01. The standard InChI is InChI=1S/C10H15BrN2O/c1-3-8(14)6-12-10-5-4-9(11)7(2)13-10/h4-5,8,14H,3,6H2,1-2H3,(H,12,13). The molecule has 0 saturated carbocycles. The second-order valence-corrected chi connectivity index (χ2v) is 4.06. The Labute approximate surface area is 92.7 Å². The Hall–Kier alpha value is -0.610. The van der Waals surface area contributed by atoms with Crippen molar-refractivity contribution in [1.29, 1.82) is 0 Å². The van der Waals surface area contributed by atoms with Gasteiger partial charge in [-0.2, -0.15) is 0 Å². The van der Waals surface area contributed by atoms with Gasteiger partial charge in [-0.1, -0.05) is 6.92 Å². The lowest BCUT2D eigenvalue weighted by Gasteiger charge is -2.10. The van der Waals surface area contributed by atoms with Crippen molar-refractivity contribution in [1.82, 2.24) is 4.98 Å². The van der Waals surface area contributed by atoms with Gasteiger partial charge in [-0.15, -0.1) is 0 Å². The third-order valence-corrected chi connectivity index (χ3v) is 2.85. The molecule has 0 aliphatic carbocycles. The lowest BCUT2D eigenvalue weighted by atomic mass is 10.3. The van der Waals surface area contributed by atoms with Crippen LogP contribution in [0.1, 0.15) is 19.0 Å². The number of aliphatic hydroxyl groups excluding tert-OH is 1. The molecule has 0 amide bonds. The summed E-state index contributed by atoms with van der Waals surface area (Å²) in [5.41, 5.74) is 0.945. The Morgan fingerprint density at radius 3 is 2.86 bits per heavy atom. The van der Waals surface area contributed by atoms with Crippen molar-refractivity contribution >= 4 is 21.7 Å². The van der Waals surface area contributed by atoms with Gasteiger partial charge in [0.15, 0.2) is 0 Å². The third-order valence-electron chi connectivity index (χ3n) is 2.01. The average molecular weight is 259 g/mol. The summed E-state index contributed by atoms with van der Waals surface area (Å²) in [4.78, 5) is 4.31. The molecule has 14 heavy (non-hydrogen) atoms. The van der Waals surface area contributed by atoms with Gasteiger partial charge in [-0.25, -0.2) is 4.98 Å². The number of aromatic nitrogens is 1. The number of pyridine rings is 1. The van der Waals surface area contributed by atoms with Crippen molar-refractivity contribution in [2.75, 3.05) is 11.9 Å². The van der Waals surface area contributed by atoms with Gasteiger partial charge in [0.2, 0.25) is 0 Å². The van der Waals surface area contributed by atoms with Crippen molar-refractivity contribution in [3.63, 3.8) is 0 Å². The highest BCUT2D eigenvalue weighted by Gasteiger charge is 2.02. The number of hydrogen-bond donors (Lipinski definition) is 2. The lowest BCUT2D eigenvalue weighted by Crippen LogP contribution is -2.18. The topological polar surface area (TPSA) is 45.1 Å². The number of hydrogen-bond acceptors (Lipinski definition) is 3. The van der Waals surface area contributed by atoms with Gasteiger partial charge in [0.25, 0.3) is 0 Å². The molecule has 1 unspecified atom stereocenters. The molecule has 0 saturated heterocycles. The van der Waals surface area contributed by atoms with E-state index >= 15 is 0 Å². The number of nitrogens with zero attached hydrogens (tertiary/aromatic N) is 1. The summed E-state index contributed by atoms with van der Waals surface area (Å²) < 4.78 is 0.999. The maximum atomic E-state index is 9.34. The maximum absolute atomic E-state index is 9.34. The first-order valence-electron chi connectivity index (χ1n) is 4.68. The minimum absolute atomic E-state index is 0.305. The first kappa shape index (κ1) is 11.5. The molecule has 0 fully saturated rings. The molecule has 1 aromatic rings. The molecule has 0 aromatic carbocycles. The number of halogens is 1. The first-order valence-corrected chi connectivity index (χ1v) is 5.48. The fourth-order valence-corrected chi connectivity index (χ4v) is 1.23. The highest BCUT2D eigenvalue weighted by Crippen LogP contribution is 2.16. The van der Waals surface area contributed by atoms with Gasteiger partial charge in [-0.05, 0) is 41.4 Å². The Morgan fingerprint density at radius 1 is 1.57 bits per heavy atom. The van der Waals surface area contributed by atoms with E-state index in [1.54, 1.807) is 0 Å². The molecule has 1 aromatic heterocycles.